The number of esters is 1. The van der Waals surface area contributed by atoms with Gasteiger partial charge in [0.05, 0.1) is 10.2 Å². The second-order valence-corrected chi connectivity index (χ2v) is 7.19. The zero-order valence-electron chi connectivity index (χ0n) is 13.2. The van der Waals surface area contributed by atoms with Crippen molar-refractivity contribution in [2.75, 3.05) is 13.1 Å². The molecule has 0 atom stereocenters. The van der Waals surface area contributed by atoms with Crippen molar-refractivity contribution in [3.63, 3.8) is 0 Å². The standard InChI is InChI=1S/C16H17ClN2O4S/c1-10(20)23-12-4-6-18(7-5-12)15(21)9-19-13-8-11(17)2-3-14(13)24-16(19)22/h2-3,8,12H,4-7,9H2,1H3. The molecule has 128 valence electrons. The topological polar surface area (TPSA) is 68.6 Å². The zero-order chi connectivity index (χ0) is 17.3. The molecule has 0 N–H and O–H groups in total. The molecule has 1 aromatic carbocycles. The molecule has 6 nitrogen and oxygen atoms in total. The molecule has 0 unspecified atom stereocenters. The lowest BCUT2D eigenvalue weighted by Crippen LogP contribution is -2.43. The van der Waals surface area contributed by atoms with Crippen LogP contribution in [-0.4, -0.2) is 40.5 Å². The fourth-order valence-electron chi connectivity index (χ4n) is 2.88. The van der Waals surface area contributed by atoms with E-state index in [1.54, 1.807) is 23.1 Å². The Labute approximate surface area is 147 Å². The second-order valence-electron chi connectivity index (χ2n) is 5.76. The van der Waals surface area contributed by atoms with Crippen molar-refractivity contribution in [1.82, 2.24) is 9.47 Å². The van der Waals surface area contributed by atoms with Crippen LogP contribution in [0.15, 0.2) is 23.0 Å². The fraction of sp³-hybridized carbons (Fsp3) is 0.438. The number of likely N-dealkylation sites (tertiary alicyclic amines) is 1. The van der Waals surface area contributed by atoms with Gasteiger partial charge in [0, 0.05) is 37.9 Å². The molecule has 2 aromatic rings. The molecule has 8 heteroatoms. The number of hydrogen-bond donors (Lipinski definition) is 0. The number of thiazole rings is 1. The van der Waals surface area contributed by atoms with E-state index < -0.39 is 0 Å². The molecule has 0 bridgehead atoms. The van der Waals surface area contributed by atoms with E-state index in [1.165, 1.54) is 11.5 Å². The Morgan fingerprint density at radius 1 is 1.33 bits per heavy atom. The number of aromatic nitrogens is 1. The summed E-state index contributed by atoms with van der Waals surface area (Å²) in [5.74, 6) is -0.411. The molecule has 1 aliphatic rings. The number of carbonyl (C=O) groups excluding carboxylic acids is 2. The van der Waals surface area contributed by atoms with Gasteiger partial charge >= 0.3 is 10.8 Å². The third-order valence-corrected chi connectivity index (χ3v) is 5.25. The van der Waals surface area contributed by atoms with Crippen LogP contribution >= 0.6 is 22.9 Å². The highest BCUT2D eigenvalue weighted by atomic mass is 35.5. The number of benzene rings is 1. The van der Waals surface area contributed by atoms with Crippen LogP contribution in [0.25, 0.3) is 10.2 Å². The van der Waals surface area contributed by atoms with Crippen molar-refractivity contribution in [3.8, 4) is 0 Å². The van der Waals surface area contributed by atoms with Crippen molar-refractivity contribution in [1.29, 1.82) is 0 Å². The minimum Gasteiger partial charge on any atom is -0.462 e. The monoisotopic (exact) mass is 368 g/mol. The molecule has 0 saturated carbocycles. The molecule has 1 saturated heterocycles. The summed E-state index contributed by atoms with van der Waals surface area (Å²) in [6, 6.07) is 5.22. The molecule has 3 rings (SSSR count). The van der Waals surface area contributed by atoms with Gasteiger partial charge in [0.15, 0.2) is 0 Å². The van der Waals surface area contributed by atoms with E-state index in [-0.39, 0.29) is 29.4 Å². The summed E-state index contributed by atoms with van der Waals surface area (Å²) in [7, 11) is 0. The van der Waals surface area contributed by atoms with Gasteiger partial charge in [-0.15, -0.1) is 0 Å². The summed E-state index contributed by atoms with van der Waals surface area (Å²) in [6.07, 6.45) is 1.11. The first-order chi connectivity index (χ1) is 11.4. The molecule has 1 aromatic heterocycles. The minimum absolute atomic E-state index is 0.00257. The molecule has 1 fully saturated rings. The number of ether oxygens (including phenoxy) is 1. The van der Waals surface area contributed by atoms with Crippen molar-refractivity contribution in [3.05, 3.63) is 32.9 Å². The van der Waals surface area contributed by atoms with E-state index >= 15 is 0 Å². The SMILES string of the molecule is CC(=O)OC1CCN(C(=O)Cn2c(=O)sc3ccc(Cl)cc32)CC1. The number of halogens is 1. The Morgan fingerprint density at radius 3 is 2.71 bits per heavy atom. The number of nitrogens with zero attached hydrogens (tertiary/aromatic N) is 2. The Balaban J connectivity index is 1.70. The van der Waals surface area contributed by atoms with Crippen LogP contribution in [0.4, 0.5) is 0 Å². The number of hydrogen-bond acceptors (Lipinski definition) is 5. The largest absolute Gasteiger partial charge is 0.462 e. The van der Waals surface area contributed by atoms with Gasteiger partial charge in [0.25, 0.3) is 0 Å². The van der Waals surface area contributed by atoms with E-state index in [0.717, 1.165) is 16.0 Å². The summed E-state index contributed by atoms with van der Waals surface area (Å²) in [5, 5.41) is 0.531. The maximum absolute atomic E-state index is 12.5. The average molecular weight is 369 g/mol. The van der Waals surface area contributed by atoms with Crippen LogP contribution in [-0.2, 0) is 20.9 Å². The molecule has 24 heavy (non-hydrogen) atoms. The lowest BCUT2D eigenvalue weighted by atomic mass is 10.1. The molecule has 0 radical (unpaired) electrons. The van der Waals surface area contributed by atoms with Crippen LogP contribution in [0.3, 0.4) is 0 Å². The van der Waals surface area contributed by atoms with E-state index in [2.05, 4.69) is 0 Å². The molecule has 1 aliphatic heterocycles. The first-order valence-corrected chi connectivity index (χ1v) is 8.87. The Kier molecular flexibility index (Phi) is 4.91. The maximum atomic E-state index is 12.5. The van der Waals surface area contributed by atoms with Gasteiger partial charge < -0.3 is 9.64 Å². The van der Waals surface area contributed by atoms with E-state index in [9.17, 15) is 14.4 Å². The van der Waals surface area contributed by atoms with Gasteiger partial charge in [-0.05, 0) is 18.2 Å². The summed E-state index contributed by atoms with van der Waals surface area (Å²) < 4.78 is 7.45. The molecular weight excluding hydrogens is 352 g/mol. The van der Waals surface area contributed by atoms with Gasteiger partial charge in [-0.1, -0.05) is 22.9 Å². The highest BCUT2D eigenvalue weighted by Crippen LogP contribution is 2.22. The normalized spacial score (nSPS) is 15.7. The number of piperidine rings is 1. The lowest BCUT2D eigenvalue weighted by molar-refractivity contribution is -0.149. The van der Waals surface area contributed by atoms with Crippen molar-refractivity contribution >= 4 is 45.0 Å². The van der Waals surface area contributed by atoms with Gasteiger partial charge in [-0.25, -0.2) is 0 Å². The number of amides is 1. The minimum atomic E-state index is -0.298. The van der Waals surface area contributed by atoms with E-state index in [0.29, 0.717) is 36.5 Å². The van der Waals surface area contributed by atoms with Gasteiger partial charge in [-0.3, -0.25) is 19.0 Å². The van der Waals surface area contributed by atoms with Crippen LogP contribution < -0.4 is 4.87 Å². The van der Waals surface area contributed by atoms with E-state index in [1.807, 2.05) is 0 Å². The van der Waals surface area contributed by atoms with Gasteiger partial charge in [-0.2, -0.15) is 0 Å². The number of carbonyl (C=O) groups is 2. The van der Waals surface area contributed by atoms with Crippen molar-refractivity contribution < 1.29 is 14.3 Å². The fourth-order valence-corrected chi connectivity index (χ4v) is 3.92. The summed E-state index contributed by atoms with van der Waals surface area (Å²) in [6.45, 7) is 2.43. The average Bonchev–Trinajstić information content (AvgIpc) is 2.83. The Morgan fingerprint density at radius 2 is 2.04 bits per heavy atom. The maximum Gasteiger partial charge on any atom is 0.308 e. The third kappa shape index (κ3) is 3.62. The predicted molar refractivity (Wildman–Crippen MR) is 92.5 cm³/mol. The Bertz CT molecular complexity index is 836. The summed E-state index contributed by atoms with van der Waals surface area (Å²) >= 11 is 7.10. The third-order valence-electron chi connectivity index (χ3n) is 4.05. The van der Waals surface area contributed by atoms with Crippen molar-refractivity contribution in [2.45, 2.75) is 32.4 Å². The van der Waals surface area contributed by atoms with Gasteiger partial charge in [0.2, 0.25) is 5.91 Å². The first kappa shape index (κ1) is 17.0. The molecule has 1 amide bonds. The molecular formula is C16H17ClN2O4S. The summed E-state index contributed by atoms with van der Waals surface area (Å²) in [5.41, 5.74) is 0.681. The van der Waals surface area contributed by atoms with Crippen molar-refractivity contribution in [2.24, 2.45) is 0 Å². The number of fused-ring (bicyclic) bond motifs is 1. The number of rotatable bonds is 3. The lowest BCUT2D eigenvalue weighted by Gasteiger charge is -2.31. The smallest absolute Gasteiger partial charge is 0.308 e. The van der Waals surface area contributed by atoms with Crippen LogP contribution in [0.1, 0.15) is 19.8 Å². The van der Waals surface area contributed by atoms with Crippen LogP contribution in [0.5, 0.6) is 0 Å². The van der Waals surface area contributed by atoms with Crippen LogP contribution in [0, 0.1) is 0 Å². The van der Waals surface area contributed by atoms with Gasteiger partial charge in [0.1, 0.15) is 12.6 Å². The zero-order valence-corrected chi connectivity index (χ0v) is 14.7. The molecule has 2 heterocycles. The predicted octanol–water partition coefficient (Wildman–Crippen LogP) is 2.27. The molecule has 0 spiro atoms. The highest BCUT2D eigenvalue weighted by Gasteiger charge is 2.25. The Hall–Kier alpha value is -1.86. The quantitative estimate of drug-likeness (QED) is 0.779. The summed E-state index contributed by atoms with van der Waals surface area (Å²) in [4.78, 5) is 37.2. The first-order valence-electron chi connectivity index (χ1n) is 7.68. The molecule has 0 aliphatic carbocycles. The van der Waals surface area contributed by atoms with Crippen LogP contribution in [0.2, 0.25) is 5.02 Å². The second kappa shape index (κ2) is 6.94. The van der Waals surface area contributed by atoms with E-state index in [4.69, 9.17) is 16.3 Å². The highest BCUT2D eigenvalue weighted by molar-refractivity contribution is 7.16.